The first-order valence-corrected chi connectivity index (χ1v) is 1.98. The summed E-state index contributed by atoms with van der Waals surface area (Å²) in [4.78, 5) is 11.0. The highest BCUT2D eigenvalue weighted by molar-refractivity contribution is 5.01. The molecule has 8 heteroatoms. The van der Waals surface area contributed by atoms with Gasteiger partial charge in [-0.25, -0.2) is 0 Å². The Bertz CT molecular complexity index is 225. The van der Waals surface area contributed by atoms with Crippen LogP contribution < -0.4 is 16.4 Å². The van der Waals surface area contributed by atoms with E-state index in [1.807, 2.05) is 0 Å². The van der Waals surface area contributed by atoms with E-state index in [9.17, 15) is 4.91 Å². The van der Waals surface area contributed by atoms with E-state index < -0.39 is 0 Å². The molecular weight excluding hydrogens is 126 g/mol. The van der Waals surface area contributed by atoms with Crippen molar-refractivity contribution < 1.29 is 4.79 Å². The SMILES string of the molecule is Nc1n(N=O)nn[n+]1N. The Balaban J connectivity index is 3.18. The van der Waals surface area contributed by atoms with Gasteiger partial charge in [-0.3, -0.25) is 5.84 Å². The normalized spacial score (nSPS) is 9.33. The summed E-state index contributed by atoms with van der Waals surface area (Å²) < 4.78 is 0. The smallest absolute Gasteiger partial charge is 0.303 e. The van der Waals surface area contributed by atoms with Gasteiger partial charge in [0, 0.05) is 0 Å². The minimum atomic E-state index is -0.120. The molecule has 4 N–H and O–H groups in total. The largest absolute Gasteiger partial charge is 0.413 e. The summed E-state index contributed by atoms with van der Waals surface area (Å²) in [6, 6.07) is 0. The first-order chi connectivity index (χ1) is 4.25. The standard InChI is InChI=1S/CH3N7O/c2-1-7(3)4-5-8(1)6-9/h2H,3H2/p+1. The Labute approximate surface area is 48.9 Å². The van der Waals surface area contributed by atoms with E-state index in [0.717, 1.165) is 4.79 Å². The number of nitrogen functional groups attached to an aromatic ring is 2. The number of nitrogens with two attached hydrogens (primary N) is 2. The average molecular weight is 130 g/mol. The molecule has 0 unspecified atom stereocenters. The second-order valence-corrected chi connectivity index (χ2v) is 1.25. The van der Waals surface area contributed by atoms with Crippen molar-refractivity contribution in [3.63, 3.8) is 0 Å². The lowest BCUT2D eigenvalue weighted by molar-refractivity contribution is -0.687. The molecule has 0 aliphatic carbocycles. The zero-order valence-corrected chi connectivity index (χ0v) is 4.30. The minimum Gasteiger partial charge on any atom is -0.303 e. The fourth-order valence-corrected chi connectivity index (χ4v) is 0.322. The molecule has 0 aromatic carbocycles. The number of hydrogen-bond acceptors (Lipinski definition) is 6. The van der Waals surface area contributed by atoms with Gasteiger partial charge < -0.3 is 5.73 Å². The second kappa shape index (κ2) is 1.65. The molecule has 0 radical (unpaired) electrons. The third kappa shape index (κ3) is 0.649. The van der Waals surface area contributed by atoms with Gasteiger partial charge in [0.2, 0.25) is 0 Å². The van der Waals surface area contributed by atoms with E-state index in [-0.39, 0.29) is 5.95 Å². The Kier molecular flexibility index (Phi) is 0.992. The molecule has 48 valence electrons. The molecule has 0 aliphatic rings. The monoisotopic (exact) mass is 130 g/mol. The van der Waals surface area contributed by atoms with Gasteiger partial charge >= 0.3 is 5.95 Å². The summed E-state index contributed by atoms with van der Waals surface area (Å²) in [6.45, 7) is 0. The summed E-state index contributed by atoms with van der Waals surface area (Å²) in [7, 11) is 0. The van der Waals surface area contributed by atoms with Crippen LogP contribution >= 0.6 is 0 Å². The Morgan fingerprint density at radius 3 is 2.67 bits per heavy atom. The van der Waals surface area contributed by atoms with Crippen LogP contribution in [0.25, 0.3) is 0 Å². The van der Waals surface area contributed by atoms with E-state index in [0.29, 0.717) is 4.79 Å². The molecule has 0 saturated heterocycles. The first kappa shape index (κ1) is 5.41. The maximum Gasteiger partial charge on any atom is 0.413 e. The summed E-state index contributed by atoms with van der Waals surface area (Å²) in [5, 5.41) is 8.67. The Morgan fingerprint density at radius 1 is 1.78 bits per heavy atom. The number of anilines is 1. The van der Waals surface area contributed by atoms with Crippen LogP contribution in [0.5, 0.6) is 0 Å². The summed E-state index contributed by atoms with van der Waals surface area (Å²) in [6.07, 6.45) is 0. The van der Waals surface area contributed by atoms with Gasteiger partial charge in [-0.1, -0.05) is 0 Å². The molecule has 9 heavy (non-hydrogen) atoms. The lowest BCUT2D eigenvalue weighted by atomic mass is 11.1. The number of aromatic nitrogens is 4. The van der Waals surface area contributed by atoms with Crippen LogP contribution in [0.3, 0.4) is 0 Å². The predicted octanol–water partition coefficient (Wildman–Crippen LogP) is -2.61. The number of tetrazole rings is 1. The van der Waals surface area contributed by atoms with Gasteiger partial charge in [0.15, 0.2) is 0 Å². The quantitative estimate of drug-likeness (QED) is 0.245. The fourth-order valence-electron chi connectivity index (χ4n) is 0.322. The van der Waals surface area contributed by atoms with Crippen molar-refractivity contribution in [2.75, 3.05) is 11.6 Å². The third-order valence-corrected chi connectivity index (χ3v) is 0.738. The van der Waals surface area contributed by atoms with Crippen molar-refractivity contribution in [1.29, 1.82) is 0 Å². The molecule has 0 bridgehead atoms. The number of hydrogen-bond donors (Lipinski definition) is 2. The fraction of sp³-hybridized carbons (Fsp3) is 0. The summed E-state index contributed by atoms with van der Waals surface area (Å²) in [5.74, 6) is 4.89. The molecule has 0 saturated carbocycles. The van der Waals surface area contributed by atoms with Crippen molar-refractivity contribution in [2.45, 2.75) is 0 Å². The van der Waals surface area contributed by atoms with E-state index in [4.69, 9.17) is 11.6 Å². The molecule has 1 rings (SSSR count). The van der Waals surface area contributed by atoms with Crippen molar-refractivity contribution in [3.8, 4) is 0 Å². The van der Waals surface area contributed by atoms with Crippen LogP contribution in [-0.4, -0.2) is 15.2 Å². The number of nitrogens with zero attached hydrogens (tertiary/aromatic N) is 5. The maximum absolute atomic E-state index is 9.70. The van der Waals surface area contributed by atoms with Crippen molar-refractivity contribution in [3.05, 3.63) is 4.91 Å². The van der Waals surface area contributed by atoms with E-state index >= 15 is 0 Å². The van der Waals surface area contributed by atoms with E-state index in [2.05, 4.69) is 15.7 Å². The second-order valence-electron chi connectivity index (χ2n) is 1.25. The zero-order chi connectivity index (χ0) is 6.85. The molecular formula is CH4N7O+. The van der Waals surface area contributed by atoms with Gasteiger partial charge in [0.05, 0.1) is 10.0 Å². The lowest BCUT2D eigenvalue weighted by Gasteiger charge is -1.77. The van der Waals surface area contributed by atoms with Crippen LogP contribution in [-0.2, 0) is 0 Å². The molecule has 0 atom stereocenters. The predicted molar refractivity (Wildman–Crippen MR) is 26.0 cm³/mol. The van der Waals surface area contributed by atoms with E-state index in [1.165, 1.54) is 0 Å². The molecule has 0 fully saturated rings. The Morgan fingerprint density at radius 2 is 2.44 bits per heavy atom. The van der Waals surface area contributed by atoms with Gasteiger partial charge in [0.1, 0.15) is 10.5 Å². The van der Waals surface area contributed by atoms with Crippen molar-refractivity contribution in [2.24, 2.45) is 5.29 Å². The summed E-state index contributed by atoms with van der Waals surface area (Å²) >= 11 is 0. The van der Waals surface area contributed by atoms with Gasteiger partial charge in [0.25, 0.3) is 0 Å². The van der Waals surface area contributed by atoms with Crippen molar-refractivity contribution >= 4 is 5.95 Å². The maximum atomic E-state index is 9.70. The molecule has 0 aliphatic heterocycles. The number of rotatable bonds is 1. The molecule has 0 amide bonds. The summed E-state index contributed by atoms with van der Waals surface area (Å²) in [5.41, 5.74) is 5.10. The topological polar surface area (TPSA) is 116 Å². The van der Waals surface area contributed by atoms with Crippen LogP contribution in [0.15, 0.2) is 5.29 Å². The highest BCUT2D eigenvalue weighted by atomic mass is 16.3. The van der Waals surface area contributed by atoms with E-state index in [1.54, 1.807) is 0 Å². The molecule has 1 heterocycles. The molecule has 0 spiro atoms. The lowest BCUT2D eigenvalue weighted by Crippen LogP contribution is -2.48. The highest BCUT2D eigenvalue weighted by Gasteiger charge is 2.13. The number of nitroso groups, excluding NO2 is 1. The average Bonchev–Trinajstić information content (AvgIpc) is 2.15. The molecule has 8 nitrogen and oxygen atoms in total. The van der Waals surface area contributed by atoms with Gasteiger partial charge in [-0.05, 0) is 4.79 Å². The molecule has 1 aromatic heterocycles. The van der Waals surface area contributed by atoms with Gasteiger partial charge in [-0.15, -0.1) is 4.91 Å². The minimum absolute atomic E-state index is 0.120. The van der Waals surface area contributed by atoms with Crippen molar-refractivity contribution in [1.82, 2.24) is 15.2 Å². The Hall–Kier alpha value is -1.73. The highest BCUT2D eigenvalue weighted by Crippen LogP contribution is 1.83. The van der Waals surface area contributed by atoms with Crippen LogP contribution in [0.4, 0.5) is 5.95 Å². The van der Waals surface area contributed by atoms with Crippen LogP contribution in [0, 0.1) is 4.91 Å². The van der Waals surface area contributed by atoms with Gasteiger partial charge in [-0.2, -0.15) is 0 Å². The van der Waals surface area contributed by atoms with Crippen LogP contribution in [0.1, 0.15) is 0 Å². The zero-order valence-electron chi connectivity index (χ0n) is 4.30. The molecule has 1 aromatic rings. The first-order valence-electron chi connectivity index (χ1n) is 1.98. The van der Waals surface area contributed by atoms with Crippen LogP contribution in [0.2, 0.25) is 0 Å². The third-order valence-electron chi connectivity index (χ3n) is 0.738.